The van der Waals surface area contributed by atoms with Gasteiger partial charge in [-0.2, -0.15) is 52.7 Å². The van der Waals surface area contributed by atoms with E-state index in [1.807, 2.05) is 0 Å². The van der Waals surface area contributed by atoms with Gasteiger partial charge in [-0.3, -0.25) is 9.59 Å². The molecule has 17 heteroatoms. The van der Waals surface area contributed by atoms with Crippen LogP contribution in [0.5, 0.6) is 0 Å². The van der Waals surface area contributed by atoms with Crippen molar-refractivity contribution in [2.75, 3.05) is 0 Å². The van der Waals surface area contributed by atoms with Crippen LogP contribution in [0.1, 0.15) is 0 Å². The van der Waals surface area contributed by atoms with E-state index < -0.39 is 59.9 Å². The molecule has 0 amide bonds. The molecule has 0 saturated heterocycles. The van der Waals surface area contributed by atoms with E-state index in [0.717, 1.165) is 0 Å². The van der Waals surface area contributed by atoms with Crippen LogP contribution >= 0.6 is 0 Å². The van der Waals surface area contributed by atoms with E-state index in [4.69, 9.17) is 0 Å². The summed E-state index contributed by atoms with van der Waals surface area (Å²) in [5, 5.41) is 19.6. The Morgan fingerprint density at radius 1 is 0.519 bits per heavy atom. The molecule has 152 valence electrons. The molecular weight excluding hydrogens is 436 g/mol. The Balaban J connectivity index is -0.000000411. The van der Waals surface area contributed by atoms with Gasteiger partial charge in [-0.15, -0.1) is 0 Å². The first kappa shape index (κ1) is 30.1. The summed E-state index contributed by atoms with van der Waals surface area (Å²) in [6.07, 6.45) is -23.9. The molecule has 0 fully saturated rings. The number of alkyl halides is 12. The number of hydrogen-bond donors (Lipinski definition) is 0. The maximum absolute atomic E-state index is 11.3. The van der Waals surface area contributed by atoms with Gasteiger partial charge >= 0.3 is 47.8 Å². The maximum atomic E-state index is 11.3. The van der Waals surface area contributed by atoms with Gasteiger partial charge in [-0.05, 0) is 23.7 Å². The predicted octanol–water partition coefficient (Wildman–Crippen LogP) is 1.47. The SMILES string of the molecule is O=C(C=C([O-])C(F)(F)F)C(F)(F)F.O=C(C=C([O-])C(F)(F)F)C(F)(F)F.[Mg+2]. The fraction of sp³-hybridized carbons (Fsp3) is 0.400. The first-order valence-electron chi connectivity index (χ1n) is 5.24. The summed E-state index contributed by atoms with van der Waals surface area (Å²) < 4.78 is 136. The molecule has 0 rings (SSSR count). The van der Waals surface area contributed by atoms with Crippen molar-refractivity contribution in [2.45, 2.75) is 24.7 Å². The molecule has 0 radical (unpaired) electrons. The summed E-state index contributed by atoms with van der Waals surface area (Å²) >= 11 is 0. The molecule has 0 aromatic rings. The average molecular weight is 438 g/mol. The molecule has 0 bridgehead atoms. The summed E-state index contributed by atoms with van der Waals surface area (Å²) in [5.41, 5.74) is 0. The normalized spacial score (nSPS) is 13.9. The zero-order valence-electron chi connectivity index (χ0n) is 12.0. The van der Waals surface area contributed by atoms with Crippen LogP contribution in [0.4, 0.5) is 52.7 Å². The van der Waals surface area contributed by atoms with Crippen molar-refractivity contribution < 1.29 is 72.5 Å². The minimum Gasteiger partial charge on any atom is -0.869 e. The Morgan fingerprint density at radius 2 is 0.704 bits per heavy atom. The van der Waals surface area contributed by atoms with Crippen molar-refractivity contribution in [3.8, 4) is 0 Å². The summed E-state index contributed by atoms with van der Waals surface area (Å²) in [5.74, 6) is -11.3. The molecule has 4 nitrogen and oxygen atoms in total. The Labute approximate surface area is 156 Å². The number of rotatable bonds is 2. The second-order valence-corrected chi connectivity index (χ2v) is 3.74. The Kier molecular flexibility index (Phi) is 11.2. The van der Waals surface area contributed by atoms with Gasteiger partial charge in [0, 0.05) is 0 Å². The van der Waals surface area contributed by atoms with Crippen molar-refractivity contribution >= 4 is 34.6 Å². The average Bonchev–Trinajstić information content (AvgIpc) is 2.34. The van der Waals surface area contributed by atoms with Gasteiger partial charge in [0.1, 0.15) is 0 Å². The van der Waals surface area contributed by atoms with Crippen molar-refractivity contribution in [1.29, 1.82) is 0 Å². The minimum atomic E-state index is -5.46. The van der Waals surface area contributed by atoms with Gasteiger partial charge in [0.15, 0.2) is 0 Å². The topological polar surface area (TPSA) is 80.3 Å². The molecule has 0 saturated carbocycles. The van der Waals surface area contributed by atoms with Gasteiger partial charge in [0.05, 0.1) is 0 Å². The molecule has 0 atom stereocenters. The van der Waals surface area contributed by atoms with E-state index in [2.05, 4.69) is 0 Å². The fourth-order valence-electron chi connectivity index (χ4n) is 0.565. The predicted molar refractivity (Wildman–Crippen MR) is 56.2 cm³/mol. The van der Waals surface area contributed by atoms with Crippen LogP contribution in [-0.2, 0) is 9.59 Å². The van der Waals surface area contributed by atoms with Crippen LogP contribution in [0, 0.1) is 0 Å². The zero-order valence-corrected chi connectivity index (χ0v) is 13.4. The third-order valence-corrected chi connectivity index (χ3v) is 1.64. The molecule has 0 aliphatic heterocycles. The van der Waals surface area contributed by atoms with E-state index >= 15 is 0 Å². The second-order valence-electron chi connectivity index (χ2n) is 3.74. The zero-order chi connectivity index (χ0) is 21.7. The van der Waals surface area contributed by atoms with Gasteiger partial charge in [-0.25, -0.2) is 0 Å². The van der Waals surface area contributed by atoms with Crippen LogP contribution in [0.25, 0.3) is 0 Å². The maximum Gasteiger partial charge on any atom is 2.00 e. The smallest absolute Gasteiger partial charge is 0.869 e. The van der Waals surface area contributed by atoms with E-state index in [9.17, 15) is 72.5 Å². The van der Waals surface area contributed by atoms with Gasteiger partial charge in [-0.1, -0.05) is 0 Å². The van der Waals surface area contributed by atoms with Crippen molar-refractivity contribution in [3.05, 3.63) is 23.7 Å². The van der Waals surface area contributed by atoms with Crippen LogP contribution < -0.4 is 10.2 Å². The summed E-state index contributed by atoms with van der Waals surface area (Å²) in [7, 11) is 0. The molecule has 0 N–H and O–H groups in total. The molecule has 0 unspecified atom stereocenters. The number of ketones is 2. The summed E-state index contributed by atoms with van der Waals surface area (Å²) in [4.78, 5) is 19.6. The molecule has 0 aromatic heterocycles. The molecule has 0 spiro atoms. The Hall–Kier alpha value is -1.65. The Bertz CT molecular complexity index is 527. The number of carbonyl (C=O) groups is 2. The summed E-state index contributed by atoms with van der Waals surface area (Å²) in [6, 6.07) is 0. The first-order valence-corrected chi connectivity index (χ1v) is 5.24. The van der Waals surface area contributed by atoms with E-state index in [0.29, 0.717) is 0 Å². The largest absolute Gasteiger partial charge is 2.00 e. The van der Waals surface area contributed by atoms with Crippen molar-refractivity contribution in [3.63, 3.8) is 0 Å². The molecular formula is C10H2F12MgO4. The van der Waals surface area contributed by atoms with E-state index in [-0.39, 0.29) is 23.1 Å². The van der Waals surface area contributed by atoms with Crippen LogP contribution in [-0.4, -0.2) is 59.3 Å². The molecule has 27 heavy (non-hydrogen) atoms. The second kappa shape index (κ2) is 10.0. The van der Waals surface area contributed by atoms with Gasteiger partial charge in [0.2, 0.25) is 0 Å². The molecule has 0 aliphatic carbocycles. The number of allylic oxidation sites excluding steroid dienone is 4. The third-order valence-electron chi connectivity index (χ3n) is 1.64. The van der Waals surface area contributed by atoms with Crippen molar-refractivity contribution in [1.82, 2.24) is 0 Å². The van der Waals surface area contributed by atoms with Crippen LogP contribution in [0.15, 0.2) is 23.7 Å². The summed E-state index contributed by atoms with van der Waals surface area (Å²) in [6.45, 7) is 0. The van der Waals surface area contributed by atoms with Gasteiger partial charge in [0.25, 0.3) is 11.6 Å². The number of hydrogen-bond acceptors (Lipinski definition) is 4. The fourth-order valence-corrected chi connectivity index (χ4v) is 0.565. The number of carbonyl (C=O) groups excluding carboxylic acids is 2. The van der Waals surface area contributed by atoms with E-state index in [1.165, 1.54) is 0 Å². The Morgan fingerprint density at radius 3 is 0.815 bits per heavy atom. The molecule has 0 heterocycles. The minimum absolute atomic E-state index is 0. The standard InChI is InChI=1S/2C5H2F6O2.Mg/c2*6-4(7,8)2(12)1-3(13)5(9,10)11;/h2*1,12H;/q;;+2/p-2. The number of halogens is 12. The van der Waals surface area contributed by atoms with Gasteiger partial charge < -0.3 is 10.2 Å². The molecule has 0 aromatic carbocycles. The van der Waals surface area contributed by atoms with Crippen molar-refractivity contribution in [2.24, 2.45) is 0 Å². The third kappa shape index (κ3) is 13.2. The van der Waals surface area contributed by atoms with E-state index in [1.54, 1.807) is 0 Å². The molecule has 0 aliphatic rings. The van der Waals surface area contributed by atoms with Crippen LogP contribution in [0.3, 0.4) is 0 Å². The van der Waals surface area contributed by atoms with Crippen LogP contribution in [0.2, 0.25) is 0 Å². The quantitative estimate of drug-likeness (QED) is 0.283. The first-order chi connectivity index (χ1) is 11.1. The monoisotopic (exact) mass is 438 g/mol.